The molecular formula is C33H46N2O2S2. The van der Waals surface area contributed by atoms with Gasteiger partial charge in [0.2, 0.25) is 5.91 Å². The molecule has 0 saturated carbocycles. The molecular weight excluding hydrogens is 521 g/mol. The summed E-state index contributed by atoms with van der Waals surface area (Å²) in [7, 11) is 0. The monoisotopic (exact) mass is 566 g/mol. The van der Waals surface area contributed by atoms with Crippen molar-refractivity contribution in [3.05, 3.63) is 86.4 Å². The van der Waals surface area contributed by atoms with Gasteiger partial charge in [-0.3, -0.25) is 4.79 Å². The first-order chi connectivity index (χ1) is 18.7. The smallest absolute Gasteiger partial charge is 0.229 e. The maximum Gasteiger partial charge on any atom is 0.229 e. The Hall–Kier alpha value is -2.57. The first-order valence-corrected chi connectivity index (χ1v) is 15.7. The number of nitrogens with two attached hydrogens (primary N) is 1. The van der Waals surface area contributed by atoms with Crippen molar-refractivity contribution in [2.45, 2.75) is 91.9 Å². The molecule has 1 amide bonds. The van der Waals surface area contributed by atoms with Gasteiger partial charge in [0.05, 0.1) is 23.1 Å². The molecule has 0 atom stereocenters. The fourth-order valence-corrected chi connectivity index (χ4v) is 5.86. The van der Waals surface area contributed by atoms with E-state index in [1.165, 1.54) is 5.57 Å². The van der Waals surface area contributed by atoms with E-state index in [1.54, 1.807) is 23.5 Å². The van der Waals surface area contributed by atoms with Gasteiger partial charge in [-0.15, -0.1) is 0 Å². The zero-order valence-electron chi connectivity index (χ0n) is 24.8. The van der Waals surface area contributed by atoms with E-state index in [-0.39, 0.29) is 5.91 Å². The molecule has 0 aliphatic carbocycles. The number of thioether (sulfide) groups is 2. The Morgan fingerprint density at radius 2 is 1.72 bits per heavy atom. The van der Waals surface area contributed by atoms with E-state index < -0.39 is 0 Å². The number of carbonyl (C=O) groups excluding carboxylic acids is 1. The second-order valence-corrected chi connectivity index (χ2v) is 11.8. The van der Waals surface area contributed by atoms with Crippen LogP contribution in [0, 0.1) is 6.92 Å². The van der Waals surface area contributed by atoms with E-state index in [9.17, 15) is 4.79 Å². The highest BCUT2D eigenvalue weighted by atomic mass is 32.2. The minimum absolute atomic E-state index is 0.0244. The Morgan fingerprint density at radius 1 is 1.00 bits per heavy atom. The van der Waals surface area contributed by atoms with Crippen molar-refractivity contribution in [1.82, 2.24) is 5.32 Å². The van der Waals surface area contributed by atoms with Crippen molar-refractivity contribution in [1.29, 1.82) is 0 Å². The third-order valence-corrected chi connectivity index (χ3v) is 8.85. The summed E-state index contributed by atoms with van der Waals surface area (Å²) in [6.07, 6.45) is 7.12. The van der Waals surface area contributed by atoms with E-state index in [0.717, 1.165) is 80.0 Å². The van der Waals surface area contributed by atoms with Crippen LogP contribution in [-0.2, 0) is 11.2 Å². The maximum atomic E-state index is 13.3. The van der Waals surface area contributed by atoms with Gasteiger partial charge in [-0.05, 0) is 75.3 Å². The second-order valence-electron chi connectivity index (χ2n) is 9.69. The topological polar surface area (TPSA) is 64.4 Å². The molecule has 2 rings (SSSR count). The fourth-order valence-electron chi connectivity index (χ4n) is 3.68. The van der Waals surface area contributed by atoms with Crippen molar-refractivity contribution >= 4 is 34.3 Å². The number of allylic oxidation sites excluding steroid dienone is 3. The summed E-state index contributed by atoms with van der Waals surface area (Å²) in [4.78, 5) is 15.6. The predicted molar refractivity (Wildman–Crippen MR) is 172 cm³/mol. The quantitative estimate of drug-likeness (QED) is 0.210. The van der Waals surface area contributed by atoms with E-state index in [2.05, 4.69) is 78.1 Å². The molecule has 0 aliphatic rings. The number of amides is 1. The SMILES string of the molecule is CCC/C=C(\N)Sc1cc(CC(=O)N/C(S/C(=C(/C)CC)c2ccccc2OCCC)=C(/C)CC)ccc1C. The van der Waals surface area contributed by atoms with E-state index in [1.807, 2.05) is 24.3 Å². The van der Waals surface area contributed by atoms with Crippen LogP contribution in [0.5, 0.6) is 5.75 Å². The van der Waals surface area contributed by atoms with Crippen LogP contribution in [0.2, 0.25) is 0 Å². The molecule has 0 spiro atoms. The molecule has 6 heteroatoms. The molecule has 0 aromatic heterocycles. The highest BCUT2D eigenvalue weighted by Gasteiger charge is 2.18. The third-order valence-electron chi connectivity index (χ3n) is 6.37. The van der Waals surface area contributed by atoms with Gasteiger partial charge >= 0.3 is 0 Å². The Kier molecular flexibility index (Phi) is 14.4. The highest BCUT2D eigenvalue weighted by molar-refractivity contribution is 8.11. The minimum atomic E-state index is -0.0244. The van der Waals surface area contributed by atoms with Gasteiger partial charge in [0, 0.05) is 15.4 Å². The average Bonchev–Trinajstić information content (AvgIpc) is 2.94. The molecule has 212 valence electrons. The first kappa shape index (κ1) is 32.6. The van der Waals surface area contributed by atoms with Gasteiger partial charge in [0.15, 0.2) is 0 Å². The summed E-state index contributed by atoms with van der Waals surface area (Å²) in [5, 5.41) is 4.94. The number of carbonyl (C=O) groups is 1. The largest absolute Gasteiger partial charge is 0.493 e. The molecule has 0 bridgehead atoms. The fraction of sp³-hybridized carbons (Fsp3) is 0.424. The number of benzene rings is 2. The molecule has 2 aromatic rings. The number of hydrogen-bond donors (Lipinski definition) is 2. The number of rotatable bonds is 15. The van der Waals surface area contributed by atoms with Crippen LogP contribution in [0.15, 0.2) is 74.6 Å². The Balaban J connectivity index is 2.29. The van der Waals surface area contributed by atoms with Gasteiger partial charge in [0.1, 0.15) is 5.75 Å². The summed E-state index contributed by atoms with van der Waals surface area (Å²) in [5.74, 6) is 0.857. The van der Waals surface area contributed by atoms with Crippen LogP contribution in [0.1, 0.15) is 90.3 Å². The number of hydrogen-bond acceptors (Lipinski definition) is 5. The Bertz CT molecular complexity index is 1200. The molecule has 0 fully saturated rings. The van der Waals surface area contributed by atoms with Crippen LogP contribution in [-0.4, -0.2) is 12.5 Å². The summed E-state index contributed by atoms with van der Waals surface area (Å²) in [5.41, 5.74) is 11.8. The van der Waals surface area contributed by atoms with Crippen molar-refractivity contribution in [3.63, 3.8) is 0 Å². The molecule has 0 aliphatic heterocycles. The standard InChI is InChI=1S/C33H46N2O2S2/c1-8-12-17-30(34)38-29-21-26(19-18-25(29)7)22-31(36)35-33(24(6)11-4)39-32(23(5)10-3)27-15-13-14-16-28(27)37-20-9-2/h13-19,21H,8-12,20,22,34H2,1-7H3,(H,35,36)/b30-17+,32-23-,33-24+. The summed E-state index contributed by atoms with van der Waals surface area (Å²) >= 11 is 3.20. The number of nitrogens with one attached hydrogen (secondary N) is 1. The number of aryl methyl sites for hydroxylation is 1. The lowest BCUT2D eigenvalue weighted by molar-refractivity contribution is -0.119. The van der Waals surface area contributed by atoms with Crippen molar-refractivity contribution in [2.75, 3.05) is 6.61 Å². The molecule has 0 saturated heterocycles. The lowest BCUT2D eigenvalue weighted by Crippen LogP contribution is -2.24. The average molecular weight is 567 g/mol. The third kappa shape index (κ3) is 10.5. The van der Waals surface area contributed by atoms with Crippen molar-refractivity contribution in [3.8, 4) is 5.75 Å². The number of unbranched alkanes of at least 4 members (excludes halogenated alkanes) is 1. The summed E-state index contributed by atoms with van der Waals surface area (Å²) in [6.45, 7) is 15.5. The second kappa shape index (κ2) is 17.2. The summed E-state index contributed by atoms with van der Waals surface area (Å²) < 4.78 is 6.09. The number of ether oxygens (including phenoxy) is 1. The first-order valence-electron chi connectivity index (χ1n) is 14.1. The molecule has 2 aromatic carbocycles. The molecule has 0 heterocycles. The lowest BCUT2D eigenvalue weighted by atomic mass is 10.1. The van der Waals surface area contributed by atoms with E-state index in [0.29, 0.717) is 13.0 Å². The molecule has 3 N–H and O–H groups in total. The van der Waals surface area contributed by atoms with Gasteiger partial charge in [-0.1, -0.05) is 99.6 Å². The van der Waals surface area contributed by atoms with Crippen LogP contribution < -0.4 is 15.8 Å². The summed E-state index contributed by atoms with van der Waals surface area (Å²) in [6, 6.07) is 14.4. The maximum absolute atomic E-state index is 13.3. The lowest BCUT2D eigenvalue weighted by Gasteiger charge is -2.19. The van der Waals surface area contributed by atoms with Gasteiger partial charge in [-0.25, -0.2) is 0 Å². The predicted octanol–water partition coefficient (Wildman–Crippen LogP) is 9.35. The number of para-hydroxylation sites is 1. The normalized spacial score (nSPS) is 13.1. The van der Waals surface area contributed by atoms with E-state index >= 15 is 0 Å². The Morgan fingerprint density at radius 3 is 2.38 bits per heavy atom. The molecule has 4 nitrogen and oxygen atoms in total. The van der Waals surface area contributed by atoms with Crippen molar-refractivity contribution in [2.24, 2.45) is 5.73 Å². The van der Waals surface area contributed by atoms with Gasteiger partial charge in [-0.2, -0.15) is 0 Å². The van der Waals surface area contributed by atoms with Crippen LogP contribution >= 0.6 is 23.5 Å². The zero-order valence-corrected chi connectivity index (χ0v) is 26.4. The Labute approximate surface area is 244 Å². The zero-order chi connectivity index (χ0) is 28.8. The van der Waals surface area contributed by atoms with Crippen LogP contribution in [0.25, 0.3) is 4.91 Å². The molecule has 0 unspecified atom stereocenters. The van der Waals surface area contributed by atoms with Crippen LogP contribution in [0.3, 0.4) is 0 Å². The highest BCUT2D eigenvalue weighted by Crippen LogP contribution is 2.41. The minimum Gasteiger partial charge on any atom is -0.493 e. The van der Waals surface area contributed by atoms with Gasteiger partial charge < -0.3 is 15.8 Å². The van der Waals surface area contributed by atoms with Crippen molar-refractivity contribution < 1.29 is 9.53 Å². The molecule has 39 heavy (non-hydrogen) atoms. The van der Waals surface area contributed by atoms with Crippen LogP contribution in [0.4, 0.5) is 0 Å². The molecule has 0 radical (unpaired) electrons. The van der Waals surface area contributed by atoms with Gasteiger partial charge in [0.25, 0.3) is 0 Å². The van der Waals surface area contributed by atoms with E-state index in [4.69, 9.17) is 10.5 Å².